The molecule has 0 radical (unpaired) electrons. The Kier molecular flexibility index (Phi) is 8.24. The van der Waals surface area contributed by atoms with Crippen LogP contribution in [0.5, 0.6) is 0 Å². The minimum Gasteiger partial charge on any atom is -0.458 e. The van der Waals surface area contributed by atoms with Crippen molar-refractivity contribution in [3.05, 3.63) is 35.4 Å². The highest BCUT2D eigenvalue weighted by atomic mass is 16.7. The van der Waals surface area contributed by atoms with Gasteiger partial charge in [0.2, 0.25) is 5.91 Å². The number of hydrogen-bond donors (Lipinski definition) is 1. The Balaban J connectivity index is 1.82. The fourth-order valence-electron chi connectivity index (χ4n) is 4.59. The van der Waals surface area contributed by atoms with E-state index in [9.17, 15) is 19.2 Å². The summed E-state index contributed by atoms with van der Waals surface area (Å²) in [6.45, 7) is 14.4. The zero-order chi connectivity index (χ0) is 27.8. The lowest BCUT2D eigenvalue weighted by molar-refractivity contribution is -0.160. The number of carbonyl (C=O) groups excluding carboxylic acids is 4. The van der Waals surface area contributed by atoms with Crippen molar-refractivity contribution in [3.63, 3.8) is 0 Å². The van der Waals surface area contributed by atoms with E-state index >= 15 is 0 Å². The molecule has 9 nitrogen and oxygen atoms in total. The highest BCUT2D eigenvalue weighted by Crippen LogP contribution is 2.38. The highest BCUT2D eigenvalue weighted by molar-refractivity contribution is 6.45. The molecule has 2 aliphatic heterocycles. The normalized spacial score (nSPS) is 20.0. The first-order valence-corrected chi connectivity index (χ1v) is 12.8. The molecule has 2 aliphatic rings. The maximum atomic E-state index is 13.2. The molecule has 3 rings (SSSR count). The van der Waals surface area contributed by atoms with E-state index in [0.29, 0.717) is 30.3 Å². The van der Waals surface area contributed by atoms with Crippen LogP contribution in [0, 0.1) is 5.92 Å². The predicted octanol–water partition coefficient (Wildman–Crippen LogP) is 3.62. The Bertz CT molecular complexity index is 1010. The maximum absolute atomic E-state index is 13.2. The van der Waals surface area contributed by atoms with Crippen LogP contribution in [0.25, 0.3) is 0 Å². The van der Waals surface area contributed by atoms with Gasteiger partial charge in [0, 0.05) is 19.4 Å². The molecule has 0 unspecified atom stereocenters. The van der Waals surface area contributed by atoms with Gasteiger partial charge in [0.25, 0.3) is 11.8 Å². The molecule has 0 aliphatic carbocycles. The number of benzene rings is 1. The monoisotopic (exact) mass is 514 g/mol. The van der Waals surface area contributed by atoms with Crippen LogP contribution in [0.15, 0.2) is 24.3 Å². The van der Waals surface area contributed by atoms with E-state index in [0.717, 1.165) is 4.90 Å². The number of carbonyl (C=O) groups is 4. The molecule has 1 aromatic carbocycles. The standard InChI is InChI=1S/C27H39BN2O7/c1-17(31)29-21(24(34)35-25(2,3)4)18(12-11-15-28-36-26(5,6)27(7,8)37-28)16-30-22(32)19-13-9-10-14-20(19)23(30)33/h9-10,13-14,18,21H,11-12,15-16H2,1-8H3,(H,29,31)/t18-,21-/m0/s1. The van der Waals surface area contributed by atoms with Crippen LogP contribution in [0.4, 0.5) is 0 Å². The van der Waals surface area contributed by atoms with Gasteiger partial charge in [-0.1, -0.05) is 18.6 Å². The molecule has 0 bridgehead atoms. The average Bonchev–Trinajstić information content (AvgIpc) is 3.12. The second-order valence-corrected chi connectivity index (χ2v) is 11.9. The molecular formula is C27H39BN2O7. The molecule has 1 saturated heterocycles. The van der Waals surface area contributed by atoms with Crippen LogP contribution in [0.3, 0.4) is 0 Å². The van der Waals surface area contributed by atoms with Gasteiger partial charge in [0.1, 0.15) is 11.6 Å². The zero-order valence-corrected chi connectivity index (χ0v) is 23.2. The zero-order valence-electron chi connectivity index (χ0n) is 23.2. The fraction of sp³-hybridized carbons (Fsp3) is 0.630. The van der Waals surface area contributed by atoms with Crippen LogP contribution in [-0.2, 0) is 23.6 Å². The quantitative estimate of drug-likeness (QED) is 0.304. The lowest BCUT2D eigenvalue weighted by Gasteiger charge is -2.32. The van der Waals surface area contributed by atoms with Crippen molar-refractivity contribution in [3.8, 4) is 0 Å². The summed E-state index contributed by atoms with van der Waals surface area (Å²) in [5.41, 5.74) is -1.05. The van der Waals surface area contributed by atoms with Crippen LogP contribution in [0.1, 0.15) is 88.9 Å². The molecule has 2 heterocycles. The summed E-state index contributed by atoms with van der Waals surface area (Å²) in [6.07, 6.45) is 1.54. The molecule has 10 heteroatoms. The van der Waals surface area contributed by atoms with Gasteiger partial charge in [-0.25, -0.2) is 4.79 Å². The number of ether oxygens (including phenoxy) is 1. The molecule has 2 atom stereocenters. The van der Waals surface area contributed by atoms with Gasteiger partial charge >= 0.3 is 13.1 Å². The molecule has 1 fully saturated rings. The van der Waals surface area contributed by atoms with Crippen molar-refractivity contribution in [1.29, 1.82) is 0 Å². The van der Waals surface area contributed by atoms with Crippen LogP contribution >= 0.6 is 0 Å². The van der Waals surface area contributed by atoms with Crippen molar-refractivity contribution in [2.45, 2.75) is 97.4 Å². The van der Waals surface area contributed by atoms with Crippen molar-refractivity contribution in [1.82, 2.24) is 10.2 Å². The third-order valence-corrected chi connectivity index (χ3v) is 7.10. The van der Waals surface area contributed by atoms with Crippen molar-refractivity contribution in [2.24, 2.45) is 5.92 Å². The number of imide groups is 1. The Labute approximate surface area is 219 Å². The third kappa shape index (κ3) is 6.59. The summed E-state index contributed by atoms with van der Waals surface area (Å²) < 4.78 is 17.8. The topological polar surface area (TPSA) is 111 Å². The van der Waals surface area contributed by atoms with Crippen molar-refractivity contribution >= 4 is 30.8 Å². The van der Waals surface area contributed by atoms with Crippen LogP contribution in [0.2, 0.25) is 6.32 Å². The number of amides is 3. The molecule has 0 spiro atoms. The molecule has 1 aromatic rings. The Morgan fingerprint density at radius 1 is 1.03 bits per heavy atom. The summed E-state index contributed by atoms with van der Waals surface area (Å²) >= 11 is 0. The van der Waals surface area contributed by atoms with Gasteiger partial charge in [-0.15, -0.1) is 0 Å². The number of esters is 1. The molecular weight excluding hydrogens is 475 g/mol. The van der Waals surface area contributed by atoms with Gasteiger partial charge in [0.15, 0.2) is 0 Å². The van der Waals surface area contributed by atoms with Gasteiger partial charge < -0.3 is 19.4 Å². The second kappa shape index (κ2) is 10.6. The summed E-state index contributed by atoms with van der Waals surface area (Å²) in [5.74, 6) is -2.43. The fourth-order valence-corrected chi connectivity index (χ4v) is 4.59. The molecule has 3 amide bonds. The summed E-state index contributed by atoms with van der Waals surface area (Å²) in [7, 11) is -0.425. The van der Waals surface area contributed by atoms with Crippen molar-refractivity contribution in [2.75, 3.05) is 6.54 Å². The van der Waals surface area contributed by atoms with Crippen LogP contribution < -0.4 is 5.32 Å². The van der Waals surface area contributed by atoms with Gasteiger partial charge in [0.05, 0.1) is 22.3 Å². The van der Waals surface area contributed by atoms with E-state index in [-0.39, 0.29) is 6.54 Å². The number of fused-ring (bicyclic) bond motifs is 1. The maximum Gasteiger partial charge on any atom is 0.457 e. The molecule has 202 valence electrons. The Morgan fingerprint density at radius 3 is 2.00 bits per heavy atom. The summed E-state index contributed by atoms with van der Waals surface area (Å²) in [5, 5.41) is 2.71. The Morgan fingerprint density at radius 2 is 1.54 bits per heavy atom. The van der Waals surface area contributed by atoms with E-state index in [2.05, 4.69) is 5.32 Å². The first kappa shape index (κ1) is 28.9. The van der Waals surface area contributed by atoms with E-state index in [4.69, 9.17) is 14.0 Å². The molecule has 37 heavy (non-hydrogen) atoms. The SMILES string of the molecule is CC(=O)N[C@H](C(=O)OC(C)(C)C)[C@@H](CCCB1OC(C)(C)C(C)(C)O1)CN1C(=O)c2ccccc2C1=O. The minimum absolute atomic E-state index is 0.0418. The van der Waals surface area contributed by atoms with Crippen LogP contribution in [-0.4, -0.2) is 65.1 Å². The van der Waals surface area contributed by atoms with Gasteiger partial charge in [-0.05, 0) is 73.3 Å². The lowest BCUT2D eigenvalue weighted by atomic mass is 9.80. The third-order valence-electron chi connectivity index (χ3n) is 7.10. The highest BCUT2D eigenvalue weighted by Gasteiger charge is 2.50. The molecule has 0 saturated carbocycles. The molecule has 1 N–H and O–H groups in total. The number of nitrogens with zero attached hydrogens (tertiary/aromatic N) is 1. The lowest BCUT2D eigenvalue weighted by Crippen LogP contribution is -2.51. The smallest absolute Gasteiger partial charge is 0.457 e. The Hall–Kier alpha value is -2.72. The minimum atomic E-state index is -1.04. The summed E-state index contributed by atoms with van der Waals surface area (Å²) in [6, 6.07) is 5.59. The predicted molar refractivity (Wildman–Crippen MR) is 139 cm³/mol. The first-order valence-electron chi connectivity index (χ1n) is 12.8. The average molecular weight is 514 g/mol. The first-order chi connectivity index (χ1) is 17.0. The van der Waals surface area contributed by atoms with Gasteiger partial charge in [-0.3, -0.25) is 19.3 Å². The molecule has 0 aromatic heterocycles. The van der Waals surface area contributed by atoms with Gasteiger partial charge in [-0.2, -0.15) is 0 Å². The largest absolute Gasteiger partial charge is 0.458 e. The van der Waals surface area contributed by atoms with E-state index in [1.807, 2.05) is 27.7 Å². The van der Waals surface area contributed by atoms with E-state index in [1.165, 1.54) is 6.92 Å². The number of nitrogens with one attached hydrogen (secondary N) is 1. The van der Waals surface area contributed by atoms with Crippen molar-refractivity contribution < 1.29 is 33.2 Å². The second-order valence-electron chi connectivity index (χ2n) is 11.9. The number of hydrogen-bond acceptors (Lipinski definition) is 7. The number of rotatable bonds is 9. The summed E-state index contributed by atoms with van der Waals surface area (Å²) in [4.78, 5) is 52.6. The van der Waals surface area contributed by atoms with E-state index in [1.54, 1.807) is 45.0 Å². The van der Waals surface area contributed by atoms with E-state index < -0.39 is 59.6 Å².